The predicted molar refractivity (Wildman–Crippen MR) is 98.8 cm³/mol. The lowest BCUT2D eigenvalue weighted by molar-refractivity contribution is -0.150. The van der Waals surface area contributed by atoms with Crippen molar-refractivity contribution in [3.63, 3.8) is 0 Å². The number of carboxylic acid groups (broad SMARTS) is 1. The number of rotatable bonds is 7. The second kappa shape index (κ2) is 7.94. The lowest BCUT2D eigenvalue weighted by Gasteiger charge is -2.48. The van der Waals surface area contributed by atoms with Gasteiger partial charge in [0.2, 0.25) is 0 Å². The van der Waals surface area contributed by atoms with Crippen LogP contribution in [0.1, 0.15) is 5.69 Å². The summed E-state index contributed by atoms with van der Waals surface area (Å²) >= 11 is 2.47. The van der Waals surface area contributed by atoms with Gasteiger partial charge < -0.3 is 26.7 Å². The summed E-state index contributed by atoms with van der Waals surface area (Å²) in [7, 11) is 0. The number of aromatic nitrogens is 1. The molecule has 0 bridgehead atoms. The number of nitrogens with one attached hydrogen (secondary N) is 1. The zero-order valence-corrected chi connectivity index (χ0v) is 15.5. The third-order valence-electron chi connectivity index (χ3n) is 3.70. The number of aliphatic carboxylic acids is 1. The van der Waals surface area contributed by atoms with E-state index in [0.717, 1.165) is 16.2 Å². The van der Waals surface area contributed by atoms with E-state index >= 15 is 0 Å². The maximum Gasteiger partial charge on any atom is 0.352 e. The van der Waals surface area contributed by atoms with Crippen LogP contribution < -0.4 is 16.8 Å². The molecule has 2 aliphatic rings. The van der Waals surface area contributed by atoms with Crippen molar-refractivity contribution in [2.24, 2.45) is 10.9 Å². The van der Waals surface area contributed by atoms with Crippen molar-refractivity contribution < 1.29 is 24.3 Å². The Morgan fingerprint density at radius 3 is 2.93 bits per heavy atom. The lowest BCUT2D eigenvalue weighted by atomic mass is 10.0. The van der Waals surface area contributed by atoms with Gasteiger partial charge in [-0.2, -0.15) is 0 Å². The second-order valence-electron chi connectivity index (χ2n) is 5.41. The molecule has 2 atom stereocenters. The van der Waals surface area contributed by atoms with E-state index in [0.29, 0.717) is 5.75 Å². The van der Waals surface area contributed by atoms with Crippen LogP contribution in [0.3, 0.4) is 0 Å². The number of β-lactam (4-membered cyclic amide) rings is 1. The monoisotopic (exact) mass is 412 g/mol. The number of hydrogen-bond donors (Lipinski definition) is 4. The zero-order chi connectivity index (χ0) is 19.6. The number of thioether (sulfide) groups is 1. The molecule has 2 aliphatic heterocycles. The van der Waals surface area contributed by atoms with Crippen molar-refractivity contribution >= 4 is 51.7 Å². The SMILES string of the molecule is NCCON=C(C(=O)NC1C(=O)N2C(C(=O)O)=CCS[C@H]12)c1csc(N)n1. The van der Waals surface area contributed by atoms with Crippen LogP contribution in [-0.2, 0) is 19.2 Å². The van der Waals surface area contributed by atoms with Gasteiger partial charge in [0.15, 0.2) is 10.8 Å². The molecule has 0 spiro atoms. The first-order valence-electron chi connectivity index (χ1n) is 7.74. The Hall–Kier alpha value is -2.64. The van der Waals surface area contributed by atoms with Gasteiger partial charge in [0, 0.05) is 17.7 Å². The van der Waals surface area contributed by atoms with Gasteiger partial charge in [0.1, 0.15) is 29.4 Å². The van der Waals surface area contributed by atoms with Gasteiger partial charge >= 0.3 is 5.97 Å². The van der Waals surface area contributed by atoms with Gasteiger partial charge in [-0.3, -0.25) is 14.5 Å². The van der Waals surface area contributed by atoms with Crippen molar-refractivity contribution in [1.82, 2.24) is 15.2 Å². The number of thiazole rings is 1. The highest BCUT2D eigenvalue weighted by atomic mass is 32.2. The number of carboxylic acids is 1. The average Bonchev–Trinajstić information content (AvgIpc) is 3.08. The summed E-state index contributed by atoms with van der Waals surface area (Å²) in [5, 5.41) is 16.8. The minimum atomic E-state index is -1.19. The molecule has 0 saturated carbocycles. The summed E-state index contributed by atoms with van der Waals surface area (Å²) < 4.78 is 0. The Balaban J connectivity index is 1.75. The smallest absolute Gasteiger partial charge is 0.352 e. The molecule has 0 radical (unpaired) electrons. The first kappa shape index (κ1) is 19.1. The summed E-state index contributed by atoms with van der Waals surface area (Å²) in [6.07, 6.45) is 1.46. The molecule has 11 nitrogen and oxygen atoms in total. The van der Waals surface area contributed by atoms with E-state index in [9.17, 15) is 19.5 Å². The van der Waals surface area contributed by atoms with E-state index in [1.165, 1.54) is 23.2 Å². The number of amides is 2. The van der Waals surface area contributed by atoms with Gasteiger partial charge in [-0.05, 0) is 6.08 Å². The van der Waals surface area contributed by atoms with E-state index in [-0.39, 0.29) is 35.4 Å². The highest BCUT2D eigenvalue weighted by Gasteiger charge is 2.53. The largest absolute Gasteiger partial charge is 0.477 e. The molecule has 27 heavy (non-hydrogen) atoms. The molecule has 144 valence electrons. The quantitative estimate of drug-likeness (QED) is 0.185. The Bertz CT molecular complexity index is 838. The number of anilines is 1. The normalized spacial score (nSPS) is 21.8. The summed E-state index contributed by atoms with van der Waals surface area (Å²) in [5.41, 5.74) is 10.9. The number of nitrogens with two attached hydrogens (primary N) is 2. The maximum absolute atomic E-state index is 12.6. The second-order valence-corrected chi connectivity index (χ2v) is 7.45. The van der Waals surface area contributed by atoms with Crippen molar-refractivity contribution in [2.75, 3.05) is 24.6 Å². The molecule has 1 aromatic rings. The van der Waals surface area contributed by atoms with Crippen LogP contribution >= 0.6 is 23.1 Å². The van der Waals surface area contributed by atoms with Gasteiger partial charge in [-0.1, -0.05) is 5.16 Å². The first-order chi connectivity index (χ1) is 12.9. The van der Waals surface area contributed by atoms with Gasteiger partial charge in [0.05, 0.1) is 0 Å². The van der Waals surface area contributed by atoms with E-state index in [1.807, 2.05) is 0 Å². The van der Waals surface area contributed by atoms with Crippen LogP contribution in [0.2, 0.25) is 0 Å². The Labute approximate surface area is 161 Å². The molecule has 3 rings (SSSR count). The standard InChI is InChI=1S/C14H16N6O5S2/c15-2-3-25-19-8(6-5-27-14(16)17-6)10(21)18-9-11(22)20-7(13(23)24)1-4-26-12(9)20/h1,5,9,12H,2-4,15H2,(H2,16,17)(H,18,21)(H,23,24)/t9?,12-/m1/s1. The minimum Gasteiger partial charge on any atom is -0.477 e. The molecular weight excluding hydrogens is 396 g/mol. The van der Waals surface area contributed by atoms with Crippen molar-refractivity contribution in [3.8, 4) is 0 Å². The molecule has 2 amide bonds. The summed E-state index contributed by atoms with van der Waals surface area (Å²) in [6, 6.07) is -0.874. The third kappa shape index (κ3) is 3.74. The zero-order valence-electron chi connectivity index (χ0n) is 13.8. The Morgan fingerprint density at radius 1 is 1.52 bits per heavy atom. The van der Waals surface area contributed by atoms with Gasteiger partial charge in [-0.15, -0.1) is 23.1 Å². The van der Waals surface area contributed by atoms with Crippen molar-refractivity contribution in [1.29, 1.82) is 0 Å². The molecule has 13 heteroatoms. The van der Waals surface area contributed by atoms with Crippen molar-refractivity contribution in [3.05, 3.63) is 22.8 Å². The lowest BCUT2D eigenvalue weighted by Crippen LogP contribution is -2.70. The molecule has 0 aromatic carbocycles. The average molecular weight is 412 g/mol. The molecule has 3 heterocycles. The highest BCUT2D eigenvalue weighted by Crippen LogP contribution is 2.37. The van der Waals surface area contributed by atoms with Crippen LogP contribution in [0.25, 0.3) is 0 Å². The number of carbonyl (C=O) groups is 3. The number of hydrogen-bond acceptors (Lipinski definition) is 10. The molecule has 1 unspecified atom stereocenters. The number of fused-ring (bicyclic) bond motifs is 1. The van der Waals surface area contributed by atoms with E-state index in [2.05, 4.69) is 15.5 Å². The number of nitrogens with zero attached hydrogens (tertiary/aromatic N) is 3. The molecule has 1 fully saturated rings. The fourth-order valence-corrected chi connectivity index (χ4v) is 4.25. The van der Waals surface area contributed by atoms with Gasteiger partial charge in [-0.25, -0.2) is 9.78 Å². The fraction of sp³-hybridized carbons (Fsp3) is 0.357. The first-order valence-corrected chi connectivity index (χ1v) is 9.67. The van der Waals surface area contributed by atoms with E-state index in [4.69, 9.17) is 16.3 Å². The van der Waals surface area contributed by atoms with Crippen LogP contribution in [0, 0.1) is 0 Å². The summed E-state index contributed by atoms with van der Waals surface area (Å²) in [6.45, 7) is 0.300. The van der Waals surface area contributed by atoms with Crippen LogP contribution in [0.15, 0.2) is 22.3 Å². The number of nitrogen functional groups attached to an aromatic ring is 1. The van der Waals surface area contributed by atoms with Crippen LogP contribution in [0.4, 0.5) is 5.13 Å². The number of oxime groups is 1. The van der Waals surface area contributed by atoms with E-state index in [1.54, 1.807) is 0 Å². The minimum absolute atomic E-state index is 0.0818. The number of carbonyl (C=O) groups excluding carboxylic acids is 2. The maximum atomic E-state index is 12.6. The molecular formula is C14H16N6O5S2. The van der Waals surface area contributed by atoms with Gasteiger partial charge in [0.25, 0.3) is 11.8 Å². The molecule has 1 saturated heterocycles. The molecule has 6 N–H and O–H groups in total. The van der Waals surface area contributed by atoms with Crippen LogP contribution in [0.5, 0.6) is 0 Å². The van der Waals surface area contributed by atoms with Crippen molar-refractivity contribution in [2.45, 2.75) is 11.4 Å². The predicted octanol–water partition coefficient (Wildman–Crippen LogP) is -1.23. The highest BCUT2D eigenvalue weighted by molar-refractivity contribution is 8.00. The Kier molecular flexibility index (Phi) is 5.62. The summed E-state index contributed by atoms with van der Waals surface area (Å²) in [5.74, 6) is -1.95. The summed E-state index contributed by atoms with van der Waals surface area (Å²) in [4.78, 5) is 46.4. The topological polar surface area (TPSA) is 173 Å². The third-order valence-corrected chi connectivity index (χ3v) is 5.55. The van der Waals surface area contributed by atoms with E-state index < -0.39 is 29.2 Å². The fourth-order valence-electron chi connectivity index (χ4n) is 2.51. The Morgan fingerprint density at radius 2 is 2.30 bits per heavy atom. The molecule has 1 aromatic heterocycles. The molecule has 0 aliphatic carbocycles. The van der Waals surface area contributed by atoms with Crippen LogP contribution in [-0.4, -0.2) is 68.8 Å².